The molecule has 0 radical (unpaired) electrons. The highest BCUT2D eigenvalue weighted by molar-refractivity contribution is 5.85. The molecule has 0 aliphatic carbocycles. The van der Waals surface area contributed by atoms with Crippen molar-refractivity contribution in [3.63, 3.8) is 0 Å². The number of nitrogens with zero attached hydrogens (tertiary/aromatic N) is 1. The Labute approximate surface area is 166 Å². The lowest BCUT2D eigenvalue weighted by molar-refractivity contribution is -0.143. The van der Waals surface area contributed by atoms with Gasteiger partial charge >= 0.3 is 0 Å². The number of nitrogens with one attached hydrogen (secondary N) is 1. The molecule has 148 valence electrons. The molecule has 5 heteroatoms. The van der Waals surface area contributed by atoms with Crippen molar-refractivity contribution in [1.29, 1.82) is 0 Å². The number of likely N-dealkylation sites (tertiary alicyclic amines) is 1. The molecule has 0 saturated carbocycles. The highest BCUT2D eigenvalue weighted by Gasteiger charge is 2.39. The monoisotopic (exact) mass is 380 g/mol. The summed E-state index contributed by atoms with van der Waals surface area (Å²) in [4.78, 5) is 27.4. The second-order valence-corrected chi connectivity index (χ2v) is 7.25. The van der Waals surface area contributed by atoms with Crippen LogP contribution < -0.4 is 10.1 Å². The Balaban J connectivity index is 1.79. The Morgan fingerprint density at radius 2 is 1.96 bits per heavy atom. The van der Waals surface area contributed by atoms with Crippen molar-refractivity contribution in [2.24, 2.45) is 5.92 Å². The fourth-order valence-corrected chi connectivity index (χ4v) is 3.88. The lowest BCUT2D eigenvalue weighted by atomic mass is 9.83. The largest absolute Gasteiger partial charge is 0.497 e. The van der Waals surface area contributed by atoms with Crippen LogP contribution in [0.5, 0.6) is 5.75 Å². The summed E-state index contributed by atoms with van der Waals surface area (Å²) in [7, 11) is 1.63. The van der Waals surface area contributed by atoms with Crippen molar-refractivity contribution in [1.82, 2.24) is 10.2 Å². The van der Waals surface area contributed by atoms with Gasteiger partial charge in [0.25, 0.3) is 0 Å². The van der Waals surface area contributed by atoms with Gasteiger partial charge in [-0.1, -0.05) is 42.0 Å². The normalized spacial score (nSPS) is 19.4. The van der Waals surface area contributed by atoms with Crippen molar-refractivity contribution < 1.29 is 14.3 Å². The van der Waals surface area contributed by atoms with Crippen molar-refractivity contribution >= 4 is 11.8 Å². The second-order valence-electron chi connectivity index (χ2n) is 7.25. The maximum absolute atomic E-state index is 13.1. The van der Waals surface area contributed by atoms with Crippen LogP contribution in [0.4, 0.5) is 0 Å². The number of benzene rings is 2. The van der Waals surface area contributed by atoms with Crippen LogP contribution in [0.2, 0.25) is 0 Å². The van der Waals surface area contributed by atoms with Crippen LogP contribution in [0, 0.1) is 12.8 Å². The molecule has 3 rings (SSSR count). The Kier molecular flexibility index (Phi) is 6.34. The van der Waals surface area contributed by atoms with E-state index in [-0.39, 0.29) is 23.8 Å². The van der Waals surface area contributed by atoms with Crippen LogP contribution in [0.1, 0.15) is 42.5 Å². The van der Waals surface area contributed by atoms with Crippen molar-refractivity contribution in [3.8, 4) is 5.75 Å². The molecule has 0 unspecified atom stereocenters. The lowest BCUT2D eigenvalue weighted by Crippen LogP contribution is -2.47. The Morgan fingerprint density at radius 3 is 2.64 bits per heavy atom. The van der Waals surface area contributed by atoms with Gasteiger partial charge in [0.1, 0.15) is 5.75 Å². The lowest BCUT2D eigenvalue weighted by Gasteiger charge is -2.40. The van der Waals surface area contributed by atoms with Gasteiger partial charge in [0.15, 0.2) is 0 Å². The maximum Gasteiger partial charge on any atom is 0.225 e. The van der Waals surface area contributed by atoms with E-state index in [1.807, 2.05) is 67.3 Å². The summed E-state index contributed by atoms with van der Waals surface area (Å²) >= 11 is 0. The van der Waals surface area contributed by atoms with Gasteiger partial charge in [0.2, 0.25) is 11.8 Å². The molecule has 2 amide bonds. The molecule has 2 aromatic rings. The number of carbonyl (C=O) groups is 2. The van der Waals surface area contributed by atoms with Crippen LogP contribution in [0.3, 0.4) is 0 Å². The fraction of sp³-hybridized carbons (Fsp3) is 0.391. The molecular formula is C23H28N2O3. The average Bonchev–Trinajstić information content (AvgIpc) is 2.72. The smallest absolute Gasteiger partial charge is 0.225 e. The molecule has 1 heterocycles. The van der Waals surface area contributed by atoms with E-state index < -0.39 is 0 Å². The highest BCUT2D eigenvalue weighted by Crippen LogP contribution is 2.37. The molecule has 5 nitrogen and oxygen atoms in total. The van der Waals surface area contributed by atoms with E-state index >= 15 is 0 Å². The number of ether oxygens (including phenoxy) is 1. The van der Waals surface area contributed by atoms with Crippen molar-refractivity contribution in [3.05, 3.63) is 65.2 Å². The molecule has 1 saturated heterocycles. The first kappa shape index (κ1) is 19.9. The SMILES string of the molecule is CCN1C(=O)CC[C@@H](C(=O)NCc2cccc(OC)c2)[C@@H]1c1ccc(C)cc1. The van der Waals surface area contributed by atoms with Gasteiger partial charge in [-0.3, -0.25) is 9.59 Å². The van der Waals surface area contributed by atoms with Gasteiger partial charge in [-0.05, 0) is 43.5 Å². The Morgan fingerprint density at radius 1 is 1.21 bits per heavy atom. The van der Waals surface area contributed by atoms with E-state index in [4.69, 9.17) is 4.74 Å². The minimum absolute atomic E-state index is 0.0145. The number of methoxy groups -OCH3 is 1. The van der Waals surface area contributed by atoms with Crippen LogP contribution in [0.15, 0.2) is 48.5 Å². The third-order valence-electron chi connectivity index (χ3n) is 5.40. The van der Waals surface area contributed by atoms with E-state index in [9.17, 15) is 9.59 Å². The van der Waals surface area contributed by atoms with Crippen LogP contribution in [0.25, 0.3) is 0 Å². The number of rotatable bonds is 6. The van der Waals surface area contributed by atoms with E-state index in [0.29, 0.717) is 25.9 Å². The van der Waals surface area contributed by atoms with E-state index in [1.54, 1.807) is 7.11 Å². The summed E-state index contributed by atoms with van der Waals surface area (Å²) in [6, 6.07) is 15.6. The number of piperidine rings is 1. The molecular weight excluding hydrogens is 352 g/mol. The summed E-state index contributed by atoms with van der Waals surface area (Å²) in [5, 5.41) is 3.06. The third kappa shape index (κ3) is 4.35. The summed E-state index contributed by atoms with van der Waals surface area (Å²) in [6.45, 7) is 5.03. The highest BCUT2D eigenvalue weighted by atomic mass is 16.5. The minimum Gasteiger partial charge on any atom is -0.497 e. The molecule has 0 aromatic heterocycles. The predicted octanol–water partition coefficient (Wildman–Crippen LogP) is 3.62. The molecule has 0 bridgehead atoms. The maximum atomic E-state index is 13.1. The first-order valence-electron chi connectivity index (χ1n) is 9.80. The van der Waals surface area contributed by atoms with Crippen molar-refractivity contribution in [2.75, 3.05) is 13.7 Å². The fourth-order valence-electron chi connectivity index (χ4n) is 3.88. The number of hydrogen-bond donors (Lipinski definition) is 1. The van der Waals surface area contributed by atoms with Gasteiger partial charge in [0.05, 0.1) is 19.1 Å². The molecule has 1 N–H and O–H groups in total. The molecule has 0 spiro atoms. The topological polar surface area (TPSA) is 58.6 Å². The Hall–Kier alpha value is -2.82. The quantitative estimate of drug-likeness (QED) is 0.833. The Bertz CT molecular complexity index is 832. The third-order valence-corrected chi connectivity index (χ3v) is 5.40. The summed E-state index contributed by atoms with van der Waals surface area (Å²) in [5.74, 6) is 0.611. The zero-order chi connectivity index (χ0) is 20.1. The van der Waals surface area contributed by atoms with Crippen molar-refractivity contribution in [2.45, 2.75) is 39.3 Å². The zero-order valence-corrected chi connectivity index (χ0v) is 16.8. The van der Waals surface area contributed by atoms with Gasteiger partial charge in [-0.25, -0.2) is 0 Å². The predicted molar refractivity (Wildman–Crippen MR) is 109 cm³/mol. The van der Waals surface area contributed by atoms with Gasteiger partial charge in [0, 0.05) is 19.5 Å². The number of amides is 2. The molecule has 2 aromatic carbocycles. The summed E-state index contributed by atoms with van der Waals surface area (Å²) in [6.07, 6.45) is 0.977. The van der Waals surface area contributed by atoms with E-state index in [1.165, 1.54) is 0 Å². The minimum atomic E-state index is -0.258. The van der Waals surface area contributed by atoms with E-state index in [0.717, 1.165) is 22.4 Å². The standard InChI is InChI=1S/C23H28N2O3/c1-4-25-21(26)13-12-20(22(25)18-10-8-16(2)9-11-18)23(27)24-15-17-6-5-7-19(14-17)28-3/h5-11,14,20,22H,4,12-13,15H2,1-3H3,(H,24,27)/t20-,22+/m1/s1. The first-order valence-corrected chi connectivity index (χ1v) is 9.80. The van der Waals surface area contributed by atoms with Gasteiger partial charge < -0.3 is 15.0 Å². The zero-order valence-electron chi connectivity index (χ0n) is 16.8. The molecule has 28 heavy (non-hydrogen) atoms. The number of carbonyl (C=O) groups excluding carboxylic acids is 2. The first-order chi connectivity index (χ1) is 13.5. The molecule has 2 atom stereocenters. The second kappa shape index (κ2) is 8.91. The van der Waals surface area contributed by atoms with E-state index in [2.05, 4.69) is 5.32 Å². The van der Waals surface area contributed by atoms with Crippen LogP contribution >= 0.6 is 0 Å². The number of hydrogen-bond acceptors (Lipinski definition) is 3. The molecule has 1 fully saturated rings. The van der Waals surface area contributed by atoms with Gasteiger partial charge in [-0.2, -0.15) is 0 Å². The summed E-state index contributed by atoms with van der Waals surface area (Å²) < 4.78 is 5.25. The average molecular weight is 380 g/mol. The molecule has 1 aliphatic heterocycles. The van der Waals surface area contributed by atoms with Gasteiger partial charge in [-0.15, -0.1) is 0 Å². The van der Waals surface area contributed by atoms with Crippen LogP contribution in [-0.2, 0) is 16.1 Å². The van der Waals surface area contributed by atoms with Crippen LogP contribution in [-0.4, -0.2) is 30.4 Å². The molecule has 1 aliphatic rings. The summed E-state index contributed by atoms with van der Waals surface area (Å²) in [5.41, 5.74) is 3.16. The number of aryl methyl sites for hydroxylation is 1.